The normalized spacial score (nSPS) is 14.4. The van der Waals surface area contributed by atoms with Crippen molar-refractivity contribution in [1.29, 1.82) is 0 Å². The number of hydrogen-bond acceptors (Lipinski definition) is 5. The van der Waals surface area contributed by atoms with Gasteiger partial charge in [-0.1, -0.05) is 30.3 Å². The van der Waals surface area contributed by atoms with Crippen LogP contribution < -0.4 is 22.3 Å². The van der Waals surface area contributed by atoms with Crippen LogP contribution in [0.15, 0.2) is 35.3 Å². The molecule has 1 aromatic rings. The van der Waals surface area contributed by atoms with Crippen LogP contribution in [-0.4, -0.2) is 46.8 Å². The molecule has 1 atom stereocenters. The van der Waals surface area contributed by atoms with E-state index in [4.69, 9.17) is 9.47 Å². The summed E-state index contributed by atoms with van der Waals surface area (Å²) in [6.45, 7) is 7.50. The molecule has 0 radical (unpaired) electrons. The van der Waals surface area contributed by atoms with Crippen LogP contribution >= 0.6 is 0 Å². The van der Waals surface area contributed by atoms with Crippen molar-refractivity contribution in [3.8, 4) is 0 Å². The van der Waals surface area contributed by atoms with Crippen LogP contribution in [0.3, 0.4) is 0 Å². The summed E-state index contributed by atoms with van der Waals surface area (Å²) in [4.78, 5) is 29.2. The molecule has 0 bridgehead atoms. The van der Waals surface area contributed by atoms with Crippen molar-refractivity contribution >= 4 is 34.1 Å². The molecule has 1 aliphatic heterocycles. The highest BCUT2D eigenvalue weighted by Crippen LogP contribution is 2.11. The lowest BCUT2D eigenvalue weighted by Crippen LogP contribution is -3.00. The van der Waals surface area contributed by atoms with E-state index in [1.54, 1.807) is 6.92 Å². The zero-order valence-corrected chi connectivity index (χ0v) is 18.4. The van der Waals surface area contributed by atoms with Crippen LogP contribution in [-0.2, 0) is 32.0 Å². The standard InChI is InChI=1S/C19H24N2O4S.BrH/c1-5-24-17(22)15-12-26-16(20-15)14(11-13-9-7-6-8-10-13)21-18(23)25-19(2,3)4;/h6-10,14H,5,11-12H2,1-4H3;1H/t14-;/m0./s1. The minimum absolute atomic E-state index is 0. The number of ether oxygens (including phenoxy) is 2. The summed E-state index contributed by atoms with van der Waals surface area (Å²) < 4.78 is 10.4. The fraction of sp³-hybridized carbons (Fsp3) is 0.474. The van der Waals surface area contributed by atoms with E-state index >= 15 is 0 Å². The maximum absolute atomic E-state index is 12.2. The van der Waals surface area contributed by atoms with E-state index in [1.807, 2.05) is 51.1 Å². The molecule has 0 saturated carbocycles. The molecular formula is C19H25BrN2O4S. The monoisotopic (exact) mass is 456 g/mol. The van der Waals surface area contributed by atoms with Gasteiger partial charge < -0.3 is 31.8 Å². The highest BCUT2D eigenvalue weighted by Gasteiger charge is 2.35. The van der Waals surface area contributed by atoms with E-state index in [-0.39, 0.29) is 23.0 Å². The van der Waals surface area contributed by atoms with Gasteiger partial charge in [-0.3, -0.25) is 0 Å². The third-order valence-corrected chi connectivity index (χ3v) is 4.47. The van der Waals surface area contributed by atoms with Crippen molar-refractivity contribution in [2.75, 3.05) is 12.4 Å². The molecule has 1 N–H and O–H groups in total. The Kier molecular flexibility index (Phi) is 9.05. The summed E-state index contributed by atoms with van der Waals surface area (Å²) in [6.07, 6.45) is 0.0495. The minimum Gasteiger partial charge on any atom is -1.00 e. The number of hydrogen-bond donors (Lipinski definition) is 1. The number of nitrogens with zero attached hydrogens (tertiary/aromatic N) is 1. The first kappa shape index (κ1) is 23.2. The first-order valence-corrected chi connectivity index (χ1v) is 9.55. The molecule has 0 aliphatic carbocycles. The van der Waals surface area contributed by atoms with E-state index < -0.39 is 17.7 Å². The maximum atomic E-state index is 12.2. The number of halogens is 1. The average molecular weight is 457 g/mol. The third-order valence-electron chi connectivity index (χ3n) is 3.38. The molecule has 0 fully saturated rings. The molecule has 0 saturated heterocycles. The summed E-state index contributed by atoms with van der Waals surface area (Å²) in [5.74, 6) is 0.0286. The Morgan fingerprint density at radius 2 is 1.93 bits per heavy atom. The second-order valence-corrected chi connectivity index (χ2v) is 7.79. The number of esters is 1. The van der Waals surface area contributed by atoms with Gasteiger partial charge in [-0.2, -0.15) is 4.99 Å². The maximum Gasteiger partial charge on any atom is 0.408 e. The van der Waals surface area contributed by atoms with Crippen molar-refractivity contribution in [1.82, 2.24) is 5.32 Å². The summed E-state index contributed by atoms with van der Waals surface area (Å²) in [7, 11) is 0. The van der Waals surface area contributed by atoms with Gasteiger partial charge in [-0.15, -0.1) is 0 Å². The van der Waals surface area contributed by atoms with Gasteiger partial charge in [0.05, 0.1) is 6.61 Å². The molecule has 1 aliphatic rings. The van der Waals surface area contributed by atoms with Crippen LogP contribution in [0.25, 0.3) is 0 Å². The van der Waals surface area contributed by atoms with Gasteiger partial charge >= 0.3 is 17.1 Å². The van der Waals surface area contributed by atoms with Gasteiger partial charge in [0.25, 0.3) is 0 Å². The fourth-order valence-corrected chi connectivity index (χ4v) is 3.32. The van der Waals surface area contributed by atoms with Gasteiger partial charge in [0.1, 0.15) is 11.6 Å². The van der Waals surface area contributed by atoms with E-state index in [9.17, 15) is 9.59 Å². The van der Waals surface area contributed by atoms with Gasteiger partial charge in [-0.05, 0) is 33.3 Å². The molecule has 0 aromatic heterocycles. The minimum atomic E-state index is -0.589. The Morgan fingerprint density at radius 3 is 2.52 bits per heavy atom. The van der Waals surface area contributed by atoms with Crippen LogP contribution in [0.2, 0.25) is 0 Å². The fourth-order valence-electron chi connectivity index (χ4n) is 2.34. The lowest BCUT2D eigenvalue weighted by atomic mass is 10.1. The SMILES string of the molecule is CCOC(=O)C1=NC([C@H](Cc2ccccc2)NC(=O)OC(C)(C)C)=[S+]C1.[Br-]. The zero-order valence-electron chi connectivity index (χ0n) is 16.0. The van der Waals surface area contributed by atoms with E-state index in [0.717, 1.165) is 5.56 Å². The van der Waals surface area contributed by atoms with Crippen LogP contribution in [0.1, 0.15) is 33.3 Å². The van der Waals surface area contributed by atoms with E-state index in [0.29, 0.717) is 29.5 Å². The second kappa shape index (κ2) is 10.5. The molecule has 1 aromatic carbocycles. The quantitative estimate of drug-likeness (QED) is 0.350. The highest BCUT2D eigenvalue weighted by molar-refractivity contribution is 7.80. The summed E-state index contributed by atoms with van der Waals surface area (Å²) in [6, 6.07) is 9.43. The lowest BCUT2D eigenvalue weighted by Gasteiger charge is -2.21. The van der Waals surface area contributed by atoms with Gasteiger partial charge in [0.2, 0.25) is 17.1 Å². The van der Waals surface area contributed by atoms with Crippen LogP contribution in [0.4, 0.5) is 4.79 Å². The number of alkyl carbamates (subject to hydrolysis) is 1. The largest absolute Gasteiger partial charge is 1.00 e. The Balaban J connectivity index is 0.00000364. The second-order valence-electron chi connectivity index (χ2n) is 6.79. The number of aliphatic imine (C=N–C) groups is 1. The van der Waals surface area contributed by atoms with Crippen LogP contribution in [0.5, 0.6) is 0 Å². The molecule has 0 spiro atoms. The molecule has 148 valence electrons. The molecule has 1 amide bonds. The number of carbonyl (C=O) groups is 2. The smallest absolute Gasteiger partial charge is 0.408 e. The third kappa shape index (κ3) is 7.76. The highest BCUT2D eigenvalue weighted by atomic mass is 79.9. The first-order chi connectivity index (χ1) is 12.3. The number of carbonyl (C=O) groups excluding carboxylic acids is 2. The van der Waals surface area contributed by atoms with Crippen LogP contribution in [0, 0.1) is 0 Å². The molecule has 0 unspecified atom stereocenters. The molecule has 8 heteroatoms. The van der Waals surface area contributed by atoms with E-state index in [1.165, 1.54) is 11.4 Å². The van der Waals surface area contributed by atoms with Crippen molar-refractivity contribution in [2.45, 2.75) is 45.8 Å². The van der Waals surface area contributed by atoms with Crippen molar-refractivity contribution in [3.05, 3.63) is 35.9 Å². The molecule has 1 heterocycles. The summed E-state index contributed by atoms with van der Waals surface area (Å²) >= 11 is 1.43. The number of benzene rings is 1. The molecule has 6 nitrogen and oxygen atoms in total. The average Bonchev–Trinajstić information content (AvgIpc) is 3.04. The predicted molar refractivity (Wildman–Crippen MR) is 105 cm³/mol. The van der Waals surface area contributed by atoms with Gasteiger partial charge in [0, 0.05) is 6.42 Å². The van der Waals surface area contributed by atoms with Crippen molar-refractivity contribution in [2.24, 2.45) is 4.99 Å². The zero-order chi connectivity index (χ0) is 19.2. The Morgan fingerprint density at radius 1 is 1.26 bits per heavy atom. The predicted octanol–water partition coefficient (Wildman–Crippen LogP) is -0.643. The van der Waals surface area contributed by atoms with Gasteiger partial charge in [-0.25, -0.2) is 9.59 Å². The van der Waals surface area contributed by atoms with Crippen molar-refractivity contribution < 1.29 is 36.0 Å². The number of nitrogens with one attached hydrogen (secondary N) is 1. The van der Waals surface area contributed by atoms with E-state index in [2.05, 4.69) is 10.3 Å². The lowest BCUT2D eigenvalue weighted by molar-refractivity contribution is -0.135. The van der Waals surface area contributed by atoms with Gasteiger partial charge in [0.15, 0.2) is 5.71 Å². The summed E-state index contributed by atoms with van der Waals surface area (Å²) in [5.41, 5.74) is 0.839. The Bertz CT molecular complexity index is 714. The topological polar surface area (TPSA) is 77.0 Å². The Labute approximate surface area is 174 Å². The van der Waals surface area contributed by atoms with Crippen molar-refractivity contribution in [3.63, 3.8) is 0 Å². The number of amides is 1. The molecule has 27 heavy (non-hydrogen) atoms. The molecule has 2 rings (SSSR count). The summed E-state index contributed by atoms with van der Waals surface area (Å²) in [5, 5.41) is 2.88. The molecular weight excluding hydrogens is 432 g/mol. The Hall–Kier alpha value is -1.80. The first-order valence-electron chi connectivity index (χ1n) is 8.56. The number of rotatable bonds is 6.